The van der Waals surface area contributed by atoms with Crippen LogP contribution in [0.25, 0.3) is 11.0 Å². The van der Waals surface area contributed by atoms with Gasteiger partial charge >= 0.3 is 0 Å². The van der Waals surface area contributed by atoms with Gasteiger partial charge in [-0.3, -0.25) is 4.79 Å². The first-order valence-electron chi connectivity index (χ1n) is 6.45. The van der Waals surface area contributed by atoms with E-state index < -0.39 is 5.82 Å². The number of fused-ring (bicyclic) bond motifs is 1. The molecule has 106 valence electrons. The van der Waals surface area contributed by atoms with E-state index in [2.05, 4.69) is 4.98 Å². The first-order valence-corrected chi connectivity index (χ1v) is 6.45. The molecule has 0 aliphatic heterocycles. The molecule has 3 aromatic rings. The van der Waals surface area contributed by atoms with Crippen LogP contribution in [0.5, 0.6) is 5.75 Å². The molecule has 0 N–H and O–H groups in total. The molecule has 3 rings (SSSR count). The molecule has 0 aliphatic carbocycles. The number of hydrogen-bond acceptors (Lipinski definition) is 3. The number of imidazole rings is 1. The highest BCUT2D eigenvalue weighted by molar-refractivity contribution is 5.97. The molecule has 21 heavy (non-hydrogen) atoms. The minimum Gasteiger partial charge on any atom is -0.497 e. The SMILES string of the molecule is COc1ccc(C(=O)Cn2cnc3ccccc32)c(F)c1. The van der Waals surface area contributed by atoms with E-state index in [-0.39, 0.29) is 17.9 Å². The van der Waals surface area contributed by atoms with Gasteiger partial charge < -0.3 is 9.30 Å². The second-order valence-electron chi connectivity index (χ2n) is 4.63. The topological polar surface area (TPSA) is 44.1 Å². The molecule has 0 unspecified atom stereocenters. The third kappa shape index (κ3) is 2.50. The summed E-state index contributed by atoms with van der Waals surface area (Å²) in [5.41, 5.74) is 1.70. The Labute approximate surface area is 120 Å². The van der Waals surface area contributed by atoms with Crippen molar-refractivity contribution < 1.29 is 13.9 Å². The lowest BCUT2D eigenvalue weighted by atomic mass is 10.1. The van der Waals surface area contributed by atoms with Crippen molar-refractivity contribution >= 4 is 16.8 Å². The zero-order valence-corrected chi connectivity index (χ0v) is 11.4. The van der Waals surface area contributed by atoms with Crippen LogP contribution >= 0.6 is 0 Å². The summed E-state index contributed by atoms with van der Waals surface area (Å²) in [5.74, 6) is -0.501. The number of ether oxygens (including phenoxy) is 1. The number of ketones is 1. The molecule has 0 saturated carbocycles. The van der Waals surface area contributed by atoms with Gasteiger partial charge in [-0.2, -0.15) is 0 Å². The number of halogens is 1. The quantitative estimate of drug-likeness (QED) is 0.692. The number of carbonyl (C=O) groups is 1. The normalized spacial score (nSPS) is 10.8. The number of methoxy groups -OCH3 is 1. The Hall–Kier alpha value is -2.69. The molecule has 0 spiro atoms. The molecule has 0 bridgehead atoms. The highest BCUT2D eigenvalue weighted by Crippen LogP contribution is 2.18. The van der Waals surface area contributed by atoms with E-state index in [1.807, 2.05) is 24.3 Å². The van der Waals surface area contributed by atoms with E-state index in [0.29, 0.717) is 5.75 Å². The number of para-hydroxylation sites is 2. The third-order valence-corrected chi connectivity index (χ3v) is 3.32. The zero-order chi connectivity index (χ0) is 14.8. The van der Waals surface area contributed by atoms with Crippen molar-refractivity contribution in [2.45, 2.75) is 6.54 Å². The average Bonchev–Trinajstić information content (AvgIpc) is 2.90. The number of benzene rings is 2. The molecule has 0 fully saturated rings. The molecule has 0 aliphatic rings. The molecule has 4 nitrogen and oxygen atoms in total. The van der Waals surface area contributed by atoms with Crippen LogP contribution in [-0.4, -0.2) is 22.4 Å². The second kappa shape index (κ2) is 5.36. The van der Waals surface area contributed by atoms with Crippen LogP contribution in [0.3, 0.4) is 0 Å². The van der Waals surface area contributed by atoms with Crippen LogP contribution < -0.4 is 4.74 Å². The summed E-state index contributed by atoms with van der Waals surface area (Å²) in [4.78, 5) is 16.5. The summed E-state index contributed by atoms with van der Waals surface area (Å²) in [5, 5.41) is 0. The molecule has 2 aromatic carbocycles. The smallest absolute Gasteiger partial charge is 0.185 e. The molecule has 1 heterocycles. The van der Waals surface area contributed by atoms with E-state index >= 15 is 0 Å². The average molecular weight is 284 g/mol. The minimum absolute atomic E-state index is 0.0454. The molecule has 0 saturated heterocycles. The molecule has 1 aromatic heterocycles. The van der Waals surface area contributed by atoms with Crippen molar-refractivity contribution in [1.29, 1.82) is 0 Å². The number of carbonyl (C=O) groups excluding carboxylic acids is 1. The van der Waals surface area contributed by atoms with Gasteiger partial charge in [-0.05, 0) is 24.3 Å². The molecule has 5 heteroatoms. The first-order chi connectivity index (χ1) is 10.2. The van der Waals surface area contributed by atoms with Crippen molar-refractivity contribution in [2.75, 3.05) is 7.11 Å². The molecule has 0 amide bonds. The van der Waals surface area contributed by atoms with Gasteiger partial charge in [-0.15, -0.1) is 0 Å². The molecular formula is C16H13FN2O2. The largest absolute Gasteiger partial charge is 0.497 e. The molecule has 0 radical (unpaired) electrons. The summed E-state index contributed by atoms with van der Waals surface area (Å²) in [6.07, 6.45) is 1.59. The summed E-state index contributed by atoms with van der Waals surface area (Å²) in [6.45, 7) is 0.0454. The third-order valence-electron chi connectivity index (χ3n) is 3.32. The van der Waals surface area contributed by atoms with E-state index in [4.69, 9.17) is 4.74 Å². The van der Waals surface area contributed by atoms with Crippen LogP contribution in [0.1, 0.15) is 10.4 Å². The summed E-state index contributed by atoms with van der Waals surface area (Å²) < 4.78 is 20.5. The van der Waals surface area contributed by atoms with Crippen molar-refractivity contribution in [1.82, 2.24) is 9.55 Å². The van der Waals surface area contributed by atoms with Crippen LogP contribution in [0.15, 0.2) is 48.8 Å². The summed E-state index contributed by atoms with van der Waals surface area (Å²) in [7, 11) is 1.45. The van der Waals surface area contributed by atoms with E-state index in [1.54, 1.807) is 17.0 Å². The lowest BCUT2D eigenvalue weighted by Gasteiger charge is -2.06. The fourth-order valence-electron chi connectivity index (χ4n) is 2.23. The van der Waals surface area contributed by atoms with Gasteiger partial charge in [0.15, 0.2) is 5.78 Å². The van der Waals surface area contributed by atoms with Gasteiger partial charge in [-0.25, -0.2) is 9.37 Å². The van der Waals surface area contributed by atoms with Crippen LogP contribution in [-0.2, 0) is 6.54 Å². The van der Waals surface area contributed by atoms with Gasteiger partial charge in [0.25, 0.3) is 0 Å². The monoisotopic (exact) mass is 284 g/mol. The lowest BCUT2D eigenvalue weighted by molar-refractivity contribution is 0.0969. The van der Waals surface area contributed by atoms with Gasteiger partial charge in [0, 0.05) is 6.07 Å². The Kier molecular flexibility index (Phi) is 3.39. The van der Waals surface area contributed by atoms with Crippen LogP contribution in [0.2, 0.25) is 0 Å². The minimum atomic E-state index is -0.580. The predicted octanol–water partition coefficient (Wildman–Crippen LogP) is 3.07. The van der Waals surface area contributed by atoms with Crippen molar-refractivity contribution in [3.63, 3.8) is 0 Å². The van der Waals surface area contributed by atoms with Gasteiger partial charge in [0.1, 0.15) is 11.6 Å². The van der Waals surface area contributed by atoms with E-state index in [1.165, 1.54) is 19.2 Å². The standard InChI is InChI=1S/C16H13FN2O2/c1-21-11-6-7-12(13(17)8-11)16(20)9-19-10-18-14-4-2-3-5-15(14)19/h2-8,10H,9H2,1H3. The number of hydrogen-bond donors (Lipinski definition) is 0. The number of aromatic nitrogens is 2. The fourth-order valence-corrected chi connectivity index (χ4v) is 2.23. The Morgan fingerprint density at radius 1 is 1.29 bits per heavy atom. The van der Waals surface area contributed by atoms with E-state index in [0.717, 1.165) is 11.0 Å². The molecule has 0 atom stereocenters. The van der Waals surface area contributed by atoms with Crippen molar-refractivity contribution in [2.24, 2.45) is 0 Å². The highest BCUT2D eigenvalue weighted by atomic mass is 19.1. The number of Topliss-reactive ketones (excluding diaryl/α,β-unsaturated/α-hetero) is 1. The fraction of sp³-hybridized carbons (Fsp3) is 0.125. The Morgan fingerprint density at radius 2 is 2.10 bits per heavy atom. The highest BCUT2D eigenvalue weighted by Gasteiger charge is 2.14. The Balaban J connectivity index is 1.89. The van der Waals surface area contributed by atoms with Gasteiger partial charge in [-0.1, -0.05) is 12.1 Å². The van der Waals surface area contributed by atoms with Gasteiger partial charge in [0.2, 0.25) is 0 Å². The maximum absolute atomic E-state index is 13.9. The maximum Gasteiger partial charge on any atom is 0.185 e. The van der Waals surface area contributed by atoms with Crippen LogP contribution in [0.4, 0.5) is 4.39 Å². The zero-order valence-electron chi connectivity index (χ0n) is 11.4. The molecular weight excluding hydrogens is 271 g/mol. The first kappa shape index (κ1) is 13.3. The van der Waals surface area contributed by atoms with Gasteiger partial charge in [0.05, 0.1) is 36.6 Å². The van der Waals surface area contributed by atoms with Crippen molar-refractivity contribution in [3.8, 4) is 5.75 Å². The lowest BCUT2D eigenvalue weighted by Crippen LogP contribution is -2.11. The predicted molar refractivity (Wildman–Crippen MR) is 77.0 cm³/mol. The van der Waals surface area contributed by atoms with E-state index in [9.17, 15) is 9.18 Å². The second-order valence-corrected chi connectivity index (χ2v) is 4.63. The maximum atomic E-state index is 13.9. The Morgan fingerprint density at radius 3 is 2.86 bits per heavy atom. The van der Waals surface area contributed by atoms with Crippen molar-refractivity contribution in [3.05, 3.63) is 60.2 Å². The number of rotatable bonds is 4. The Bertz CT molecular complexity index is 811. The summed E-state index contributed by atoms with van der Waals surface area (Å²) >= 11 is 0. The summed E-state index contributed by atoms with van der Waals surface area (Å²) in [6, 6.07) is 11.7. The number of nitrogens with zero attached hydrogens (tertiary/aromatic N) is 2. The van der Waals surface area contributed by atoms with Crippen LogP contribution in [0, 0.1) is 5.82 Å².